The molecule has 1 fully saturated rings. The Morgan fingerprint density at radius 2 is 2.17 bits per heavy atom. The van der Waals surface area contributed by atoms with Crippen molar-refractivity contribution in [1.82, 2.24) is 10.2 Å². The molecule has 1 saturated heterocycles. The molecular weight excluding hydrogens is 230 g/mol. The summed E-state index contributed by atoms with van der Waals surface area (Å²) in [7, 11) is 3.41. The Morgan fingerprint density at radius 1 is 1.56 bits per heavy atom. The molecule has 0 aromatic carbocycles. The van der Waals surface area contributed by atoms with Crippen LogP contribution in [0.15, 0.2) is 0 Å². The van der Waals surface area contributed by atoms with Crippen molar-refractivity contribution in [2.75, 3.05) is 40.4 Å². The van der Waals surface area contributed by atoms with E-state index in [-0.39, 0.29) is 11.8 Å². The summed E-state index contributed by atoms with van der Waals surface area (Å²) in [5, 5.41) is 12.1. The number of hydrogen-bond donors (Lipinski definition) is 1. The van der Waals surface area contributed by atoms with Crippen molar-refractivity contribution in [2.45, 2.75) is 19.8 Å². The van der Waals surface area contributed by atoms with E-state index in [0.29, 0.717) is 13.2 Å². The summed E-state index contributed by atoms with van der Waals surface area (Å²) in [5.74, 6) is -0.0341. The maximum absolute atomic E-state index is 12.6. The van der Waals surface area contributed by atoms with Gasteiger partial charge in [0.25, 0.3) is 0 Å². The van der Waals surface area contributed by atoms with E-state index in [0.717, 1.165) is 25.9 Å². The number of hydrogen-bond acceptors (Lipinski definition) is 4. The molecule has 1 rings (SSSR count). The van der Waals surface area contributed by atoms with Crippen LogP contribution in [0.5, 0.6) is 0 Å². The van der Waals surface area contributed by atoms with Gasteiger partial charge in [-0.1, -0.05) is 0 Å². The molecule has 18 heavy (non-hydrogen) atoms. The highest BCUT2D eigenvalue weighted by molar-refractivity contribution is 5.83. The zero-order valence-corrected chi connectivity index (χ0v) is 11.5. The van der Waals surface area contributed by atoms with Gasteiger partial charge in [0.15, 0.2) is 0 Å². The van der Waals surface area contributed by atoms with E-state index in [4.69, 9.17) is 10.00 Å². The lowest BCUT2D eigenvalue weighted by Gasteiger charge is -2.38. The normalized spacial score (nSPS) is 19.9. The average Bonchev–Trinajstić information content (AvgIpc) is 2.39. The molecule has 1 unspecified atom stereocenters. The Balaban J connectivity index is 2.73. The molecule has 1 aliphatic rings. The lowest BCUT2D eigenvalue weighted by Crippen LogP contribution is -2.51. The predicted molar refractivity (Wildman–Crippen MR) is 68.8 cm³/mol. The van der Waals surface area contributed by atoms with Crippen LogP contribution in [0.4, 0.5) is 0 Å². The van der Waals surface area contributed by atoms with Crippen LogP contribution in [0.3, 0.4) is 0 Å². The van der Waals surface area contributed by atoms with Crippen molar-refractivity contribution in [3.8, 4) is 6.07 Å². The van der Waals surface area contributed by atoms with Crippen molar-refractivity contribution >= 4 is 5.91 Å². The molecule has 5 nitrogen and oxygen atoms in total. The number of nitrogens with zero attached hydrogens (tertiary/aromatic N) is 2. The summed E-state index contributed by atoms with van der Waals surface area (Å²) >= 11 is 0. The van der Waals surface area contributed by atoms with Gasteiger partial charge >= 0.3 is 0 Å². The van der Waals surface area contributed by atoms with Gasteiger partial charge < -0.3 is 15.0 Å². The van der Waals surface area contributed by atoms with Crippen LogP contribution in [-0.4, -0.2) is 51.2 Å². The molecule has 1 amide bonds. The summed E-state index contributed by atoms with van der Waals surface area (Å²) < 4.78 is 5.25. The van der Waals surface area contributed by atoms with Crippen LogP contribution < -0.4 is 5.32 Å². The molecule has 0 radical (unpaired) electrons. The molecule has 5 heteroatoms. The number of amides is 1. The van der Waals surface area contributed by atoms with E-state index in [9.17, 15) is 4.79 Å². The number of methoxy groups -OCH3 is 1. The van der Waals surface area contributed by atoms with Crippen LogP contribution in [-0.2, 0) is 9.53 Å². The number of ether oxygens (including phenoxy) is 1. The third-order valence-corrected chi connectivity index (χ3v) is 3.55. The van der Waals surface area contributed by atoms with Gasteiger partial charge in [0.2, 0.25) is 5.91 Å². The van der Waals surface area contributed by atoms with Gasteiger partial charge in [-0.05, 0) is 32.9 Å². The fraction of sp³-hybridized carbons (Fsp3) is 0.846. The molecule has 1 N–H and O–H groups in total. The minimum Gasteiger partial charge on any atom is -0.384 e. The molecule has 0 aliphatic carbocycles. The van der Waals surface area contributed by atoms with E-state index < -0.39 is 5.41 Å². The second kappa shape index (κ2) is 6.72. The molecule has 0 bridgehead atoms. The highest BCUT2D eigenvalue weighted by Gasteiger charge is 2.41. The smallest absolute Gasteiger partial charge is 0.231 e. The van der Waals surface area contributed by atoms with Crippen LogP contribution >= 0.6 is 0 Å². The number of nitrogens with one attached hydrogen (secondary N) is 1. The molecule has 0 spiro atoms. The molecule has 0 aromatic rings. The first kappa shape index (κ1) is 14.9. The summed E-state index contributed by atoms with van der Waals surface area (Å²) in [6.45, 7) is 4.45. The maximum atomic E-state index is 12.6. The molecule has 102 valence electrons. The van der Waals surface area contributed by atoms with E-state index in [2.05, 4.69) is 11.4 Å². The second-order valence-electron chi connectivity index (χ2n) is 5.18. The zero-order valence-electron chi connectivity index (χ0n) is 11.5. The van der Waals surface area contributed by atoms with Crippen molar-refractivity contribution in [1.29, 1.82) is 5.26 Å². The Bertz CT molecular complexity index is 313. The van der Waals surface area contributed by atoms with Gasteiger partial charge in [-0.15, -0.1) is 0 Å². The minimum absolute atomic E-state index is 0.105. The molecule has 1 atom stereocenters. The third kappa shape index (κ3) is 3.44. The van der Waals surface area contributed by atoms with E-state index >= 15 is 0 Å². The van der Waals surface area contributed by atoms with Gasteiger partial charge in [0.05, 0.1) is 24.0 Å². The third-order valence-electron chi connectivity index (χ3n) is 3.55. The number of carbonyl (C=O) groups is 1. The topological polar surface area (TPSA) is 65.4 Å². The van der Waals surface area contributed by atoms with Gasteiger partial charge in [0.1, 0.15) is 0 Å². The number of piperidine rings is 1. The predicted octanol–water partition coefficient (Wildman–Crippen LogP) is 0.621. The Morgan fingerprint density at radius 3 is 2.67 bits per heavy atom. The molecule has 1 heterocycles. The van der Waals surface area contributed by atoms with Crippen LogP contribution in [0.2, 0.25) is 0 Å². The van der Waals surface area contributed by atoms with Crippen LogP contribution in [0.25, 0.3) is 0 Å². The summed E-state index contributed by atoms with van der Waals surface area (Å²) in [4.78, 5) is 14.2. The molecule has 0 aromatic heterocycles. The monoisotopic (exact) mass is 253 g/mol. The zero-order chi connectivity index (χ0) is 13.6. The lowest BCUT2D eigenvalue weighted by atomic mass is 9.78. The second-order valence-corrected chi connectivity index (χ2v) is 5.18. The lowest BCUT2D eigenvalue weighted by molar-refractivity contribution is -0.146. The number of rotatable bonds is 5. The highest BCUT2D eigenvalue weighted by atomic mass is 16.5. The maximum Gasteiger partial charge on any atom is 0.231 e. The largest absolute Gasteiger partial charge is 0.384 e. The quantitative estimate of drug-likeness (QED) is 0.780. The fourth-order valence-electron chi connectivity index (χ4n) is 2.54. The minimum atomic E-state index is -0.413. The Labute approximate surface area is 109 Å². The van der Waals surface area contributed by atoms with E-state index in [1.165, 1.54) is 0 Å². The number of nitriles is 1. The number of carbonyl (C=O) groups excluding carboxylic acids is 1. The first-order valence-corrected chi connectivity index (χ1v) is 6.40. The van der Waals surface area contributed by atoms with Gasteiger partial charge in [-0.25, -0.2) is 0 Å². The van der Waals surface area contributed by atoms with Crippen molar-refractivity contribution in [3.63, 3.8) is 0 Å². The molecule has 1 aliphatic heterocycles. The van der Waals surface area contributed by atoms with Crippen molar-refractivity contribution in [3.05, 3.63) is 0 Å². The molecular formula is C13H23N3O2. The van der Waals surface area contributed by atoms with E-state index in [1.54, 1.807) is 19.1 Å². The first-order valence-electron chi connectivity index (χ1n) is 6.40. The highest BCUT2D eigenvalue weighted by Crippen LogP contribution is 2.31. The van der Waals surface area contributed by atoms with Crippen molar-refractivity contribution < 1.29 is 9.53 Å². The first-order chi connectivity index (χ1) is 8.55. The SMILES string of the molecule is COCC1(C(=O)N(C)CC(C)C#N)CCNCC1. The van der Waals surface area contributed by atoms with Gasteiger partial charge in [-0.2, -0.15) is 5.26 Å². The summed E-state index contributed by atoms with van der Waals surface area (Å²) in [6, 6.07) is 2.16. The van der Waals surface area contributed by atoms with Gasteiger partial charge in [0, 0.05) is 20.7 Å². The fourth-order valence-corrected chi connectivity index (χ4v) is 2.54. The van der Waals surface area contributed by atoms with Crippen LogP contribution in [0, 0.1) is 22.7 Å². The molecule has 0 saturated carbocycles. The van der Waals surface area contributed by atoms with Gasteiger partial charge in [-0.3, -0.25) is 4.79 Å². The average molecular weight is 253 g/mol. The summed E-state index contributed by atoms with van der Waals surface area (Å²) in [6.07, 6.45) is 1.59. The summed E-state index contributed by atoms with van der Waals surface area (Å²) in [5.41, 5.74) is -0.413. The standard InChI is InChI=1S/C13H23N3O2/c1-11(8-14)9-16(2)12(17)13(10-18-3)4-6-15-7-5-13/h11,15H,4-7,9-10H2,1-3H3. The Kier molecular flexibility index (Phi) is 5.57. The Hall–Kier alpha value is -1.12. The van der Waals surface area contributed by atoms with E-state index in [1.807, 2.05) is 6.92 Å². The van der Waals surface area contributed by atoms with Crippen LogP contribution in [0.1, 0.15) is 19.8 Å². The van der Waals surface area contributed by atoms with Crippen molar-refractivity contribution in [2.24, 2.45) is 11.3 Å².